The zero-order chi connectivity index (χ0) is 19.8. The van der Waals surface area contributed by atoms with E-state index < -0.39 is 34.1 Å². The van der Waals surface area contributed by atoms with E-state index in [1.54, 1.807) is 0 Å². The Hall–Kier alpha value is -1.21. The van der Waals surface area contributed by atoms with E-state index in [1.165, 1.54) is 0 Å². The maximum Gasteiger partial charge on any atom is 0.408 e. The van der Waals surface area contributed by atoms with Crippen molar-refractivity contribution < 1.29 is 23.8 Å². The van der Waals surface area contributed by atoms with Gasteiger partial charge in [0, 0.05) is 0 Å². The Morgan fingerprint density at radius 1 is 1.08 bits per heavy atom. The molecule has 6 nitrogen and oxygen atoms in total. The molecule has 0 bridgehead atoms. The highest BCUT2D eigenvalue weighted by Gasteiger charge is 2.29. The minimum absolute atomic E-state index is 0.0583. The first kappa shape index (κ1) is 22.8. The number of halogens is 3. The van der Waals surface area contributed by atoms with E-state index in [9.17, 15) is 9.59 Å². The normalized spacial score (nSPS) is 13.0. The van der Waals surface area contributed by atoms with Gasteiger partial charge in [-0.3, -0.25) is 0 Å². The molecule has 146 valence electrons. The molecule has 0 fully saturated rings. The summed E-state index contributed by atoms with van der Waals surface area (Å²) >= 11 is 16.7. The van der Waals surface area contributed by atoms with Gasteiger partial charge in [0.25, 0.3) is 0 Å². The molecule has 0 saturated carbocycles. The summed E-state index contributed by atoms with van der Waals surface area (Å²) in [5, 5.41) is 2.41. The van der Waals surface area contributed by atoms with Crippen LogP contribution in [0.3, 0.4) is 0 Å². The van der Waals surface area contributed by atoms with Gasteiger partial charge in [0.1, 0.15) is 13.2 Å². The predicted octanol–water partition coefficient (Wildman–Crippen LogP) is 4.01. The Morgan fingerprint density at radius 3 is 2.23 bits per heavy atom. The molecule has 26 heavy (non-hydrogen) atoms. The van der Waals surface area contributed by atoms with Crippen LogP contribution in [0.25, 0.3) is 0 Å². The number of hydrogen-bond donors (Lipinski definition) is 1. The number of benzene rings is 1. The van der Waals surface area contributed by atoms with Crippen LogP contribution in [0.2, 0.25) is 0 Å². The standard InChI is InChI=1S/C17H22Cl3NO5/c1-16(2,3)26-10-13(14(22)25-11-17(18,19)20)21-15(23)24-9-12-7-5-4-6-8-12/h4-8,13H,9-11H2,1-3H3,(H,21,23)/t13-/m0/s1. The number of alkyl carbamates (subject to hydrolysis) is 1. The molecule has 0 unspecified atom stereocenters. The van der Waals surface area contributed by atoms with Gasteiger partial charge >= 0.3 is 12.1 Å². The van der Waals surface area contributed by atoms with Gasteiger partial charge in [0.05, 0.1) is 12.2 Å². The van der Waals surface area contributed by atoms with Crippen LogP contribution in [0.5, 0.6) is 0 Å². The summed E-state index contributed by atoms with van der Waals surface area (Å²) in [4.78, 5) is 24.2. The van der Waals surface area contributed by atoms with Crippen molar-refractivity contribution in [2.45, 2.75) is 42.8 Å². The van der Waals surface area contributed by atoms with Gasteiger partial charge in [-0.2, -0.15) is 0 Å². The monoisotopic (exact) mass is 425 g/mol. The Labute approximate surface area is 168 Å². The van der Waals surface area contributed by atoms with Gasteiger partial charge in [0.2, 0.25) is 3.79 Å². The molecule has 0 radical (unpaired) electrons. The molecule has 0 heterocycles. The van der Waals surface area contributed by atoms with Crippen molar-refractivity contribution in [3.63, 3.8) is 0 Å². The molecule has 0 spiro atoms. The summed E-state index contributed by atoms with van der Waals surface area (Å²) < 4.78 is 13.8. The van der Waals surface area contributed by atoms with Crippen molar-refractivity contribution in [3.8, 4) is 0 Å². The molecule has 1 rings (SSSR count). The highest BCUT2D eigenvalue weighted by molar-refractivity contribution is 6.67. The van der Waals surface area contributed by atoms with Crippen LogP contribution in [0.1, 0.15) is 26.3 Å². The van der Waals surface area contributed by atoms with E-state index in [4.69, 9.17) is 49.0 Å². The first-order valence-electron chi connectivity index (χ1n) is 7.81. The maximum absolute atomic E-state index is 12.2. The molecule has 1 N–H and O–H groups in total. The molecule has 0 aliphatic heterocycles. The fourth-order valence-corrected chi connectivity index (χ4v) is 1.83. The van der Waals surface area contributed by atoms with E-state index in [1.807, 2.05) is 51.1 Å². The molecule has 9 heteroatoms. The highest BCUT2D eigenvalue weighted by Crippen LogP contribution is 2.26. The van der Waals surface area contributed by atoms with Gasteiger partial charge < -0.3 is 19.5 Å². The average molecular weight is 427 g/mol. The van der Waals surface area contributed by atoms with Gasteiger partial charge in [-0.05, 0) is 26.3 Å². The summed E-state index contributed by atoms with van der Waals surface area (Å²) in [6.45, 7) is 4.91. The molecule has 0 aliphatic carbocycles. The Bertz CT molecular complexity index is 584. The van der Waals surface area contributed by atoms with Crippen LogP contribution in [-0.2, 0) is 25.6 Å². The SMILES string of the molecule is CC(C)(C)OC[C@H](NC(=O)OCc1ccccc1)C(=O)OCC(Cl)(Cl)Cl. The largest absolute Gasteiger partial charge is 0.460 e. The van der Waals surface area contributed by atoms with E-state index in [-0.39, 0.29) is 13.2 Å². The second-order valence-corrected chi connectivity index (χ2v) is 8.92. The zero-order valence-corrected chi connectivity index (χ0v) is 17.0. The van der Waals surface area contributed by atoms with E-state index >= 15 is 0 Å². The summed E-state index contributed by atoms with van der Waals surface area (Å²) in [5.41, 5.74) is 0.285. The van der Waals surface area contributed by atoms with Crippen LogP contribution >= 0.6 is 34.8 Å². The third kappa shape index (κ3) is 10.7. The summed E-state index contributed by atoms with van der Waals surface area (Å²) in [7, 11) is 0. The van der Waals surface area contributed by atoms with Crippen molar-refractivity contribution in [2.75, 3.05) is 13.2 Å². The lowest BCUT2D eigenvalue weighted by atomic mass is 10.2. The number of esters is 1. The second kappa shape index (κ2) is 10.2. The minimum Gasteiger partial charge on any atom is -0.460 e. The zero-order valence-electron chi connectivity index (χ0n) is 14.8. The van der Waals surface area contributed by atoms with Crippen molar-refractivity contribution in [1.82, 2.24) is 5.32 Å². The first-order chi connectivity index (χ1) is 12.0. The van der Waals surface area contributed by atoms with Crippen molar-refractivity contribution in [1.29, 1.82) is 0 Å². The van der Waals surface area contributed by atoms with Gasteiger partial charge in [0.15, 0.2) is 6.04 Å². The molecule has 0 aromatic heterocycles. The first-order valence-corrected chi connectivity index (χ1v) is 8.94. The highest BCUT2D eigenvalue weighted by atomic mass is 35.6. The molecule has 0 saturated heterocycles. The van der Waals surface area contributed by atoms with Crippen LogP contribution < -0.4 is 5.32 Å². The molecular formula is C17H22Cl3NO5. The van der Waals surface area contributed by atoms with Gasteiger partial charge in [-0.25, -0.2) is 9.59 Å². The number of alkyl halides is 3. The fourth-order valence-electron chi connectivity index (χ4n) is 1.66. The average Bonchev–Trinajstić information content (AvgIpc) is 2.54. The number of carbonyl (C=O) groups is 2. The quantitative estimate of drug-likeness (QED) is 0.527. The lowest BCUT2D eigenvalue weighted by Gasteiger charge is -2.24. The third-order valence-electron chi connectivity index (χ3n) is 2.85. The number of amides is 1. The Morgan fingerprint density at radius 2 is 1.69 bits per heavy atom. The van der Waals surface area contributed by atoms with Crippen molar-refractivity contribution in [3.05, 3.63) is 35.9 Å². The van der Waals surface area contributed by atoms with E-state index in [0.29, 0.717) is 0 Å². The van der Waals surface area contributed by atoms with Crippen LogP contribution in [-0.4, -0.2) is 40.7 Å². The molecule has 1 amide bonds. The van der Waals surface area contributed by atoms with Gasteiger partial charge in [-0.15, -0.1) is 0 Å². The number of ether oxygens (including phenoxy) is 3. The van der Waals surface area contributed by atoms with Crippen LogP contribution in [0, 0.1) is 0 Å². The Balaban J connectivity index is 2.61. The number of rotatable bonds is 7. The third-order valence-corrected chi connectivity index (χ3v) is 3.18. The van der Waals surface area contributed by atoms with Crippen molar-refractivity contribution in [2.24, 2.45) is 0 Å². The van der Waals surface area contributed by atoms with E-state index in [0.717, 1.165) is 5.56 Å². The fraction of sp³-hybridized carbons (Fsp3) is 0.529. The second-order valence-electron chi connectivity index (χ2n) is 6.40. The number of carbonyl (C=O) groups excluding carboxylic acids is 2. The van der Waals surface area contributed by atoms with Crippen LogP contribution in [0.15, 0.2) is 30.3 Å². The minimum atomic E-state index is -1.75. The lowest BCUT2D eigenvalue weighted by Crippen LogP contribution is -2.47. The lowest BCUT2D eigenvalue weighted by molar-refractivity contribution is -0.149. The van der Waals surface area contributed by atoms with Gasteiger partial charge in [-0.1, -0.05) is 65.1 Å². The molecule has 0 aliphatic rings. The number of nitrogens with one attached hydrogen (secondary N) is 1. The predicted molar refractivity (Wildman–Crippen MR) is 101 cm³/mol. The van der Waals surface area contributed by atoms with Crippen LogP contribution in [0.4, 0.5) is 4.79 Å². The topological polar surface area (TPSA) is 73.9 Å². The summed E-state index contributed by atoms with van der Waals surface area (Å²) in [6.07, 6.45) is -0.790. The molecule has 1 atom stereocenters. The molecular weight excluding hydrogens is 405 g/mol. The molecule has 1 aromatic rings. The summed E-state index contributed by atoms with van der Waals surface area (Å²) in [5.74, 6) is -0.794. The van der Waals surface area contributed by atoms with Crippen molar-refractivity contribution >= 4 is 46.9 Å². The van der Waals surface area contributed by atoms with E-state index in [2.05, 4.69) is 5.32 Å². The number of hydrogen-bond acceptors (Lipinski definition) is 5. The smallest absolute Gasteiger partial charge is 0.408 e. The summed E-state index contributed by atoms with van der Waals surface area (Å²) in [6, 6.07) is 8.01. The molecule has 1 aromatic carbocycles. The maximum atomic E-state index is 12.2. The Kier molecular flexibility index (Phi) is 8.96.